The predicted octanol–water partition coefficient (Wildman–Crippen LogP) is 2.33. The van der Waals surface area contributed by atoms with E-state index in [2.05, 4.69) is 9.98 Å². The quantitative estimate of drug-likeness (QED) is 0.853. The third-order valence-electron chi connectivity index (χ3n) is 3.10. The van der Waals surface area contributed by atoms with E-state index in [-0.39, 0.29) is 0 Å². The zero-order chi connectivity index (χ0) is 12.4. The third kappa shape index (κ3) is 1.61. The summed E-state index contributed by atoms with van der Waals surface area (Å²) >= 11 is 0. The molecule has 1 aliphatic rings. The van der Waals surface area contributed by atoms with Gasteiger partial charge in [-0.15, -0.1) is 0 Å². The molecule has 0 spiro atoms. The SMILES string of the molecule is NC1=NC(c2ccccc2)(c2ccccc2)C=N1. The van der Waals surface area contributed by atoms with Gasteiger partial charge in [0, 0.05) is 6.21 Å². The summed E-state index contributed by atoms with van der Waals surface area (Å²) in [4.78, 5) is 8.68. The highest BCUT2D eigenvalue weighted by molar-refractivity contribution is 5.98. The van der Waals surface area contributed by atoms with Gasteiger partial charge in [-0.2, -0.15) is 0 Å². The van der Waals surface area contributed by atoms with Gasteiger partial charge in [0.25, 0.3) is 0 Å². The van der Waals surface area contributed by atoms with E-state index in [1.165, 1.54) is 0 Å². The first-order valence-corrected chi connectivity index (χ1v) is 5.83. The zero-order valence-corrected chi connectivity index (χ0v) is 9.82. The van der Waals surface area contributed by atoms with Gasteiger partial charge in [0.1, 0.15) is 5.54 Å². The standard InChI is InChI=1S/C15H13N3/c16-14-17-11-15(18-14,12-7-3-1-4-8-12)13-9-5-2-6-10-13/h1-11H,(H2,16,18). The molecule has 1 heterocycles. The minimum Gasteiger partial charge on any atom is -0.368 e. The highest BCUT2D eigenvalue weighted by Gasteiger charge is 2.35. The molecule has 0 radical (unpaired) electrons. The lowest BCUT2D eigenvalue weighted by molar-refractivity contribution is 0.761. The fourth-order valence-corrected chi connectivity index (χ4v) is 2.23. The number of nitrogens with zero attached hydrogens (tertiary/aromatic N) is 2. The maximum absolute atomic E-state index is 5.74. The largest absolute Gasteiger partial charge is 0.368 e. The van der Waals surface area contributed by atoms with Crippen molar-refractivity contribution in [2.75, 3.05) is 0 Å². The summed E-state index contributed by atoms with van der Waals surface area (Å²) in [6.45, 7) is 0. The molecule has 2 aromatic rings. The molecule has 0 aromatic heterocycles. The minimum absolute atomic E-state index is 0.322. The van der Waals surface area contributed by atoms with Crippen molar-refractivity contribution in [3.8, 4) is 0 Å². The van der Waals surface area contributed by atoms with Crippen LogP contribution in [0.2, 0.25) is 0 Å². The third-order valence-corrected chi connectivity index (χ3v) is 3.10. The Morgan fingerprint density at radius 2 is 1.28 bits per heavy atom. The van der Waals surface area contributed by atoms with Crippen LogP contribution < -0.4 is 5.73 Å². The molecule has 2 N–H and O–H groups in total. The van der Waals surface area contributed by atoms with Gasteiger partial charge in [-0.3, -0.25) is 0 Å². The molecule has 0 unspecified atom stereocenters. The first-order valence-electron chi connectivity index (χ1n) is 5.83. The smallest absolute Gasteiger partial charge is 0.216 e. The topological polar surface area (TPSA) is 50.7 Å². The molecular weight excluding hydrogens is 222 g/mol. The Morgan fingerprint density at radius 1 is 0.778 bits per heavy atom. The molecule has 0 saturated carbocycles. The molecule has 1 aliphatic heterocycles. The molecule has 0 saturated heterocycles. The lowest BCUT2D eigenvalue weighted by atomic mass is 9.85. The summed E-state index contributed by atoms with van der Waals surface area (Å²) in [5.74, 6) is 0.322. The van der Waals surface area contributed by atoms with Crippen molar-refractivity contribution < 1.29 is 0 Å². The lowest BCUT2D eigenvalue weighted by Gasteiger charge is -2.23. The number of hydrogen-bond acceptors (Lipinski definition) is 3. The first-order chi connectivity index (χ1) is 8.81. The number of aliphatic imine (C=N–C) groups is 2. The summed E-state index contributed by atoms with van der Waals surface area (Å²) in [6.07, 6.45) is 1.81. The predicted molar refractivity (Wildman–Crippen MR) is 73.8 cm³/mol. The molecule has 3 nitrogen and oxygen atoms in total. The van der Waals surface area contributed by atoms with E-state index in [4.69, 9.17) is 5.73 Å². The monoisotopic (exact) mass is 235 g/mol. The molecule has 3 rings (SSSR count). The van der Waals surface area contributed by atoms with Crippen LogP contribution in [-0.4, -0.2) is 12.2 Å². The van der Waals surface area contributed by atoms with Crippen LogP contribution in [0.3, 0.4) is 0 Å². The Kier molecular flexibility index (Phi) is 2.45. The summed E-state index contributed by atoms with van der Waals surface area (Å²) in [5.41, 5.74) is 7.30. The van der Waals surface area contributed by atoms with Crippen LogP contribution in [0.25, 0.3) is 0 Å². The summed E-state index contributed by atoms with van der Waals surface area (Å²) in [5, 5.41) is 0. The molecule has 88 valence electrons. The minimum atomic E-state index is -0.577. The number of guanidine groups is 1. The average molecular weight is 235 g/mol. The van der Waals surface area contributed by atoms with Crippen molar-refractivity contribution in [1.29, 1.82) is 0 Å². The molecule has 0 amide bonds. The fourth-order valence-electron chi connectivity index (χ4n) is 2.23. The van der Waals surface area contributed by atoms with Crippen LogP contribution in [0.4, 0.5) is 0 Å². The average Bonchev–Trinajstić information content (AvgIpc) is 2.84. The van der Waals surface area contributed by atoms with Crippen LogP contribution >= 0.6 is 0 Å². The van der Waals surface area contributed by atoms with Crippen LogP contribution in [0.1, 0.15) is 11.1 Å². The molecule has 3 heteroatoms. The number of rotatable bonds is 2. The molecule has 2 aromatic carbocycles. The van der Waals surface area contributed by atoms with Crippen molar-refractivity contribution >= 4 is 12.2 Å². The van der Waals surface area contributed by atoms with E-state index in [1.807, 2.05) is 66.9 Å². The summed E-state index contributed by atoms with van der Waals surface area (Å²) in [7, 11) is 0. The molecule has 0 bridgehead atoms. The number of benzene rings is 2. The fraction of sp³-hybridized carbons (Fsp3) is 0.0667. The second-order valence-corrected chi connectivity index (χ2v) is 4.23. The van der Waals surface area contributed by atoms with Gasteiger partial charge < -0.3 is 5.73 Å². The normalized spacial score (nSPS) is 16.6. The van der Waals surface area contributed by atoms with Gasteiger partial charge in [0.2, 0.25) is 5.96 Å². The van der Waals surface area contributed by atoms with Crippen molar-refractivity contribution in [2.24, 2.45) is 15.7 Å². The molecule has 0 aliphatic carbocycles. The van der Waals surface area contributed by atoms with Gasteiger partial charge in [0.05, 0.1) is 0 Å². The van der Waals surface area contributed by atoms with Gasteiger partial charge in [-0.05, 0) is 11.1 Å². The first kappa shape index (κ1) is 10.7. The van der Waals surface area contributed by atoms with Gasteiger partial charge >= 0.3 is 0 Å². The Bertz CT molecular complexity index is 561. The van der Waals surface area contributed by atoms with E-state index in [1.54, 1.807) is 0 Å². The lowest BCUT2D eigenvalue weighted by Crippen LogP contribution is -2.25. The second kappa shape index (κ2) is 4.11. The van der Waals surface area contributed by atoms with Crippen molar-refractivity contribution in [2.45, 2.75) is 5.54 Å². The van der Waals surface area contributed by atoms with Gasteiger partial charge in [-0.25, -0.2) is 9.98 Å². The van der Waals surface area contributed by atoms with Crippen molar-refractivity contribution in [3.63, 3.8) is 0 Å². The van der Waals surface area contributed by atoms with Crippen LogP contribution in [0.5, 0.6) is 0 Å². The maximum Gasteiger partial charge on any atom is 0.216 e. The van der Waals surface area contributed by atoms with E-state index in [0.29, 0.717) is 5.96 Å². The Hall–Kier alpha value is -2.42. The van der Waals surface area contributed by atoms with E-state index >= 15 is 0 Å². The Labute approximate surface area is 106 Å². The second-order valence-electron chi connectivity index (χ2n) is 4.23. The van der Waals surface area contributed by atoms with Gasteiger partial charge in [-0.1, -0.05) is 60.7 Å². The molecule has 0 atom stereocenters. The molecule has 18 heavy (non-hydrogen) atoms. The number of hydrogen-bond donors (Lipinski definition) is 1. The molecule has 0 fully saturated rings. The summed E-state index contributed by atoms with van der Waals surface area (Å²) in [6, 6.07) is 20.1. The van der Waals surface area contributed by atoms with E-state index in [9.17, 15) is 0 Å². The molecular formula is C15H13N3. The Morgan fingerprint density at radius 3 is 1.67 bits per heavy atom. The van der Waals surface area contributed by atoms with Crippen molar-refractivity contribution in [1.82, 2.24) is 0 Å². The highest BCUT2D eigenvalue weighted by Crippen LogP contribution is 2.34. The van der Waals surface area contributed by atoms with E-state index in [0.717, 1.165) is 11.1 Å². The zero-order valence-electron chi connectivity index (χ0n) is 9.82. The summed E-state index contributed by atoms with van der Waals surface area (Å²) < 4.78 is 0. The van der Waals surface area contributed by atoms with Crippen LogP contribution in [0, 0.1) is 0 Å². The van der Waals surface area contributed by atoms with E-state index < -0.39 is 5.54 Å². The van der Waals surface area contributed by atoms with Crippen LogP contribution in [-0.2, 0) is 5.54 Å². The van der Waals surface area contributed by atoms with Crippen molar-refractivity contribution in [3.05, 3.63) is 71.8 Å². The maximum atomic E-state index is 5.74. The number of nitrogens with two attached hydrogens (primary N) is 1. The van der Waals surface area contributed by atoms with Gasteiger partial charge in [0.15, 0.2) is 0 Å². The van der Waals surface area contributed by atoms with Crippen LogP contribution in [0.15, 0.2) is 70.6 Å². The highest BCUT2D eigenvalue weighted by atomic mass is 15.1. The Balaban J connectivity index is 2.22.